The molecule has 0 aliphatic carbocycles. The first-order chi connectivity index (χ1) is 7.18. The minimum atomic E-state index is -0.282. The van der Waals surface area contributed by atoms with E-state index in [-0.39, 0.29) is 7.92 Å². The number of hydrogen-bond donors (Lipinski definition) is 0. The first-order valence-electron chi connectivity index (χ1n) is 6.51. The minimum absolute atomic E-state index is 0.282. The third-order valence-corrected chi connectivity index (χ3v) is 10.6. The van der Waals surface area contributed by atoms with Crippen molar-refractivity contribution in [1.82, 2.24) is 0 Å². The summed E-state index contributed by atoms with van der Waals surface area (Å²) >= 11 is 0. The van der Waals surface area contributed by atoms with E-state index in [0.717, 1.165) is 0 Å². The molecule has 0 spiro atoms. The third kappa shape index (κ3) is 3.30. The Labute approximate surface area is 105 Å². The molecule has 0 aromatic rings. The Kier molecular flexibility index (Phi) is 4.65. The van der Waals surface area contributed by atoms with E-state index in [1.165, 1.54) is 19.0 Å². The molecule has 0 fully saturated rings. The van der Waals surface area contributed by atoms with E-state index in [0.29, 0.717) is 10.8 Å². The maximum Gasteiger partial charge on any atom is 0.0383 e. The first kappa shape index (κ1) is 14.7. The zero-order chi connectivity index (χ0) is 12.6. The Hall–Kier alpha value is 0.600. The summed E-state index contributed by atoms with van der Waals surface area (Å²) in [6.45, 7) is 16.7. The van der Waals surface area contributed by atoms with Crippen LogP contribution in [0, 0.1) is 16.2 Å². The first-order valence-corrected chi connectivity index (χ1v) is 9.11. The smallest absolute Gasteiger partial charge is 0.0383 e. The van der Waals surface area contributed by atoms with Crippen LogP contribution in [0.3, 0.4) is 0 Å². The maximum absolute atomic E-state index is 2.39. The predicted molar refractivity (Wildman–Crippen MR) is 82.2 cm³/mol. The van der Waals surface area contributed by atoms with Crippen molar-refractivity contribution in [2.45, 2.75) is 61.3 Å². The van der Waals surface area contributed by atoms with Crippen molar-refractivity contribution in [3.8, 4) is 0 Å². The lowest BCUT2D eigenvalue weighted by molar-refractivity contribution is 0.508. The van der Waals surface area contributed by atoms with Crippen LogP contribution >= 0.6 is 16.1 Å². The number of hydrogen-bond acceptors (Lipinski definition) is 0. The van der Waals surface area contributed by atoms with Crippen LogP contribution in [-0.4, -0.2) is 11.2 Å². The summed E-state index contributed by atoms with van der Waals surface area (Å²) in [5.41, 5.74) is 0.886. The van der Waals surface area contributed by atoms with Crippen LogP contribution in [0.1, 0.15) is 61.3 Å². The van der Waals surface area contributed by atoms with Gasteiger partial charge in [0.15, 0.2) is 0 Å². The molecule has 0 aromatic carbocycles. The van der Waals surface area contributed by atoms with Crippen LogP contribution in [0.25, 0.3) is 0 Å². The Bertz CT molecular complexity index is 265. The standard InChI is InChI=1S/C14H28P2/c1-8-9-10-16-11(13(2,3)4)15-12(16)14(5,6)7/h16H,8-10H2,1-7H3. The Morgan fingerprint density at radius 2 is 1.69 bits per heavy atom. The van der Waals surface area contributed by atoms with Crippen LogP contribution in [0.15, 0.2) is 0 Å². The molecule has 2 heteroatoms. The molecule has 1 atom stereocenters. The lowest BCUT2D eigenvalue weighted by atomic mass is 9.99. The van der Waals surface area contributed by atoms with Crippen LogP contribution < -0.4 is 0 Å². The fourth-order valence-corrected chi connectivity index (χ4v) is 8.56. The topological polar surface area (TPSA) is 0 Å². The molecule has 0 saturated heterocycles. The summed E-state index contributed by atoms with van der Waals surface area (Å²) < 4.78 is 0. The van der Waals surface area contributed by atoms with E-state index in [2.05, 4.69) is 48.5 Å². The quantitative estimate of drug-likeness (QED) is 0.452. The normalized spacial score (nSPS) is 23.9. The summed E-state index contributed by atoms with van der Waals surface area (Å²) in [6, 6.07) is 0. The average molecular weight is 258 g/mol. The Morgan fingerprint density at radius 3 is 2.06 bits per heavy atom. The summed E-state index contributed by atoms with van der Waals surface area (Å²) in [6.07, 6.45) is 4.25. The van der Waals surface area contributed by atoms with E-state index in [9.17, 15) is 0 Å². The van der Waals surface area contributed by atoms with Gasteiger partial charge in [-0.3, -0.25) is 0 Å². The zero-order valence-electron chi connectivity index (χ0n) is 12.1. The number of rotatable bonds is 3. The Balaban J connectivity index is 2.79. The second kappa shape index (κ2) is 5.07. The molecule has 0 saturated carbocycles. The monoisotopic (exact) mass is 258 g/mol. The predicted octanol–water partition coefficient (Wildman–Crippen LogP) is 5.67. The summed E-state index contributed by atoms with van der Waals surface area (Å²) in [5, 5.41) is 3.74. The van der Waals surface area contributed by atoms with Gasteiger partial charge >= 0.3 is 0 Å². The lowest BCUT2D eigenvalue weighted by Crippen LogP contribution is -2.29. The third-order valence-electron chi connectivity index (χ3n) is 3.00. The van der Waals surface area contributed by atoms with Gasteiger partial charge in [0.25, 0.3) is 0 Å². The van der Waals surface area contributed by atoms with Crippen molar-refractivity contribution in [3.05, 3.63) is 5.40 Å². The largest absolute Gasteiger partial charge is 0.208 e. The van der Waals surface area contributed by atoms with Crippen molar-refractivity contribution in [2.24, 2.45) is 10.8 Å². The molecule has 0 amide bonds. The molecule has 0 nitrogen and oxygen atoms in total. The Morgan fingerprint density at radius 1 is 1.12 bits per heavy atom. The molecule has 1 rings (SSSR count). The molecular weight excluding hydrogens is 230 g/mol. The van der Waals surface area contributed by atoms with E-state index >= 15 is 0 Å². The highest BCUT2D eigenvalue weighted by atomic mass is 31.2. The van der Waals surface area contributed by atoms with Gasteiger partial charge < -0.3 is 0 Å². The van der Waals surface area contributed by atoms with Gasteiger partial charge in [0.1, 0.15) is 0 Å². The molecule has 1 heterocycles. The van der Waals surface area contributed by atoms with Crippen molar-refractivity contribution < 1.29 is 0 Å². The summed E-state index contributed by atoms with van der Waals surface area (Å²) in [7, 11) is 1.32. The van der Waals surface area contributed by atoms with Gasteiger partial charge in [-0.2, -0.15) is 0 Å². The van der Waals surface area contributed by atoms with Gasteiger partial charge in [-0.15, -0.1) is 5.41 Å². The van der Waals surface area contributed by atoms with E-state index in [1.807, 2.05) is 10.4 Å². The van der Waals surface area contributed by atoms with E-state index < -0.39 is 0 Å². The molecule has 1 aliphatic heterocycles. The van der Waals surface area contributed by atoms with E-state index in [4.69, 9.17) is 0 Å². The van der Waals surface area contributed by atoms with Gasteiger partial charge in [0.05, 0.1) is 0 Å². The average Bonchev–Trinajstić information content (AvgIpc) is 1.96. The SMILES string of the molecule is CCCC[PH+]1C(C(C)(C)C)=P[C-]1C(C)(C)C. The van der Waals surface area contributed by atoms with Gasteiger partial charge in [0.2, 0.25) is 0 Å². The second-order valence-corrected chi connectivity index (χ2v) is 11.3. The van der Waals surface area contributed by atoms with Gasteiger partial charge in [-0.1, -0.05) is 68.2 Å². The highest BCUT2D eigenvalue weighted by Crippen LogP contribution is 2.74. The van der Waals surface area contributed by atoms with Crippen LogP contribution in [0.4, 0.5) is 0 Å². The summed E-state index contributed by atoms with van der Waals surface area (Å²) in [5.74, 6) is 0. The molecule has 0 radical (unpaired) electrons. The molecule has 0 aromatic heterocycles. The van der Waals surface area contributed by atoms with Crippen molar-refractivity contribution in [3.63, 3.8) is 0 Å². The van der Waals surface area contributed by atoms with E-state index in [1.54, 1.807) is 8.20 Å². The van der Waals surface area contributed by atoms with Crippen LogP contribution in [0.5, 0.6) is 0 Å². The fraction of sp³-hybridized carbons (Fsp3) is 0.857. The maximum atomic E-state index is 2.39. The summed E-state index contributed by atoms with van der Waals surface area (Å²) in [4.78, 5) is 0. The van der Waals surface area contributed by atoms with Gasteiger partial charge in [-0.25, -0.2) is 8.20 Å². The second-order valence-electron chi connectivity index (χ2n) is 6.89. The molecular formula is C14H28P2. The van der Waals surface area contributed by atoms with Crippen LogP contribution in [-0.2, 0) is 0 Å². The fourth-order valence-electron chi connectivity index (χ4n) is 2.14. The van der Waals surface area contributed by atoms with Crippen molar-refractivity contribution >= 4 is 21.2 Å². The molecule has 94 valence electrons. The molecule has 1 unspecified atom stereocenters. The van der Waals surface area contributed by atoms with Gasteiger partial charge in [0, 0.05) is 16.6 Å². The highest BCUT2D eigenvalue weighted by Gasteiger charge is 2.40. The molecule has 0 N–H and O–H groups in total. The molecule has 16 heavy (non-hydrogen) atoms. The van der Waals surface area contributed by atoms with Crippen LogP contribution in [0.2, 0.25) is 0 Å². The lowest BCUT2D eigenvalue weighted by Gasteiger charge is -2.52. The minimum Gasteiger partial charge on any atom is -0.208 e. The van der Waals surface area contributed by atoms with Gasteiger partial charge in [-0.05, 0) is 6.42 Å². The molecule has 0 bridgehead atoms. The van der Waals surface area contributed by atoms with Crippen molar-refractivity contribution in [1.29, 1.82) is 0 Å². The number of unbranched alkanes of at least 4 members (excludes halogenated alkanes) is 1. The van der Waals surface area contributed by atoms with Crippen molar-refractivity contribution in [2.75, 3.05) is 6.16 Å². The zero-order valence-corrected chi connectivity index (χ0v) is 14.0. The highest BCUT2D eigenvalue weighted by molar-refractivity contribution is 8.01. The molecule has 1 aliphatic rings.